The lowest BCUT2D eigenvalue weighted by Crippen LogP contribution is -1.93. The van der Waals surface area contributed by atoms with Crippen LogP contribution in [0.5, 0.6) is 0 Å². The molecule has 0 saturated carbocycles. The van der Waals surface area contributed by atoms with Crippen LogP contribution in [0, 0.1) is 5.41 Å². The molecule has 0 fully saturated rings. The number of aromatic nitrogens is 2. The van der Waals surface area contributed by atoms with Gasteiger partial charge in [-0.3, -0.25) is 0 Å². The third-order valence-corrected chi connectivity index (χ3v) is 2.42. The number of hydrogen-bond acceptors (Lipinski definition) is 5. The summed E-state index contributed by atoms with van der Waals surface area (Å²) in [5.74, 6) is 0. The van der Waals surface area contributed by atoms with E-state index in [9.17, 15) is 0 Å². The number of nitrogens with one attached hydrogen (secondary N) is 1. The Balaban J connectivity index is 2.65. The Morgan fingerprint density at radius 3 is 2.91 bits per heavy atom. The van der Waals surface area contributed by atoms with Crippen molar-refractivity contribution in [2.75, 3.05) is 6.26 Å². The summed E-state index contributed by atoms with van der Waals surface area (Å²) >= 11 is 2.91. The predicted octanol–water partition coefficient (Wildman–Crippen LogP) is 1.84. The Hall–Kier alpha value is -0.420. The third-order valence-electron chi connectivity index (χ3n) is 1.05. The predicted molar refractivity (Wildman–Crippen MR) is 48.8 cm³/mol. The molecule has 0 radical (unpaired) electrons. The van der Waals surface area contributed by atoms with E-state index in [1.165, 1.54) is 23.3 Å². The standard InChI is InChI=1S/C6H9N3S2/c1-4(7)3-5-8-6(10-2)9-11-5/h7H,3H2,1-2H3. The van der Waals surface area contributed by atoms with Crippen molar-refractivity contribution in [3.63, 3.8) is 0 Å². The summed E-state index contributed by atoms with van der Waals surface area (Å²) in [6.45, 7) is 1.78. The van der Waals surface area contributed by atoms with Crippen molar-refractivity contribution < 1.29 is 0 Å². The Kier molecular flexibility index (Phi) is 3.02. The quantitative estimate of drug-likeness (QED) is 0.580. The molecule has 1 N–H and O–H groups in total. The Bertz CT molecular complexity index is 256. The second-order valence-corrected chi connectivity index (χ2v) is 3.74. The van der Waals surface area contributed by atoms with Gasteiger partial charge in [-0.05, 0) is 24.7 Å². The molecule has 1 aromatic rings. The van der Waals surface area contributed by atoms with Crippen molar-refractivity contribution in [3.05, 3.63) is 5.01 Å². The first kappa shape index (κ1) is 8.67. The van der Waals surface area contributed by atoms with Gasteiger partial charge in [0.1, 0.15) is 5.01 Å². The molecule has 0 spiro atoms. The van der Waals surface area contributed by atoms with E-state index < -0.39 is 0 Å². The van der Waals surface area contributed by atoms with Gasteiger partial charge in [-0.2, -0.15) is 4.37 Å². The maximum absolute atomic E-state index is 7.23. The van der Waals surface area contributed by atoms with Crippen LogP contribution < -0.4 is 0 Å². The van der Waals surface area contributed by atoms with Crippen LogP contribution in [-0.4, -0.2) is 21.3 Å². The molecule has 0 aliphatic rings. The highest BCUT2D eigenvalue weighted by atomic mass is 32.2. The fourth-order valence-corrected chi connectivity index (χ4v) is 1.92. The zero-order valence-corrected chi connectivity index (χ0v) is 8.05. The molecule has 0 aliphatic heterocycles. The molecule has 11 heavy (non-hydrogen) atoms. The SMILES string of the molecule is CSc1nsc(CC(C)=N)n1. The summed E-state index contributed by atoms with van der Waals surface area (Å²) in [7, 11) is 0. The molecule has 0 aromatic carbocycles. The summed E-state index contributed by atoms with van der Waals surface area (Å²) in [4.78, 5) is 4.20. The maximum atomic E-state index is 7.23. The van der Waals surface area contributed by atoms with Crippen LogP contribution in [0.2, 0.25) is 0 Å². The van der Waals surface area contributed by atoms with E-state index in [2.05, 4.69) is 9.36 Å². The lowest BCUT2D eigenvalue weighted by atomic mass is 10.3. The molecule has 0 unspecified atom stereocenters. The lowest BCUT2D eigenvalue weighted by molar-refractivity contribution is 1.03. The highest BCUT2D eigenvalue weighted by Crippen LogP contribution is 2.13. The average molecular weight is 187 g/mol. The molecule has 60 valence electrons. The number of rotatable bonds is 3. The average Bonchev–Trinajstić information content (AvgIpc) is 2.34. The monoisotopic (exact) mass is 187 g/mol. The minimum atomic E-state index is 0.633. The van der Waals surface area contributed by atoms with Crippen LogP contribution in [0.3, 0.4) is 0 Å². The van der Waals surface area contributed by atoms with Crippen LogP contribution in [0.25, 0.3) is 0 Å². The van der Waals surface area contributed by atoms with Crippen LogP contribution in [0.4, 0.5) is 0 Å². The Morgan fingerprint density at radius 2 is 2.45 bits per heavy atom. The highest BCUT2D eigenvalue weighted by Gasteiger charge is 2.02. The maximum Gasteiger partial charge on any atom is 0.200 e. The first-order chi connectivity index (χ1) is 5.22. The molecule has 1 aromatic heterocycles. The van der Waals surface area contributed by atoms with E-state index in [1.807, 2.05) is 6.26 Å². The molecule has 0 bridgehead atoms. The second kappa shape index (κ2) is 3.82. The molecule has 0 atom stereocenters. The summed E-state index contributed by atoms with van der Waals surface area (Å²) < 4.78 is 4.08. The summed E-state index contributed by atoms with van der Waals surface area (Å²) in [5, 5.41) is 8.97. The van der Waals surface area contributed by atoms with Crippen molar-refractivity contribution in [1.82, 2.24) is 9.36 Å². The van der Waals surface area contributed by atoms with Crippen LogP contribution in [0.15, 0.2) is 5.16 Å². The zero-order chi connectivity index (χ0) is 8.27. The van der Waals surface area contributed by atoms with Crippen molar-refractivity contribution in [3.8, 4) is 0 Å². The zero-order valence-electron chi connectivity index (χ0n) is 6.42. The lowest BCUT2D eigenvalue weighted by Gasteiger charge is -1.88. The minimum Gasteiger partial charge on any atom is -0.310 e. The fourth-order valence-electron chi connectivity index (χ4n) is 0.621. The fraction of sp³-hybridized carbons (Fsp3) is 0.500. The topological polar surface area (TPSA) is 49.6 Å². The first-order valence-electron chi connectivity index (χ1n) is 3.13. The van der Waals surface area contributed by atoms with Gasteiger partial charge in [0, 0.05) is 12.1 Å². The van der Waals surface area contributed by atoms with Crippen LogP contribution in [-0.2, 0) is 6.42 Å². The molecule has 3 nitrogen and oxygen atoms in total. The van der Waals surface area contributed by atoms with Gasteiger partial charge in [-0.15, -0.1) is 0 Å². The van der Waals surface area contributed by atoms with Crippen molar-refractivity contribution in [2.45, 2.75) is 18.5 Å². The molecular formula is C6H9N3S2. The molecular weight excluding hydrogens is 178 g/mol. The van der Waals surface area contributed by atoms with E-state index in [0.717, 1.165) is 10.2 Å². The molecule has 0 amide bonds. The Morgan fingerprint density at radius 1 is 1.73 bits per heavy atom. The number of nitrogens with zero attached hydrogens (tertiary/aromatic N) is 2. The van der Waals surface area contributed by atoms with Crippen LogP contribution in [0.1, 0.15) is 11.9 Å². The molecule has 1 heterocycles. The van der Waals surface area contributed by atoms with Gasteiger partial charge in [0.15, 0.2) is 5.16 Å². The van der Waals surface area contributed by atoms with Gasteiger partial charge >= 0.3 is 0 Å². The van der Waals surface area contributed by atoms with Crippen molar-refractivity contribution >= 4 is 29.0 Å². The summed E-state index contributed by atoms with van der Waals surface area (Å²) in [6, 6.07) is 0. The first-order valence-corrected chi connectivity index (χ1v) is 5.13. The van der Waals surface area contributed by atoms with Crippen molar-refractivity contribution in [1.29, 1.82) is 5.41 Å². The molecule has 1 rings (SSSR count). The van der Waals surface area contributed by atoms with E-state index in [-0.39, 0.29) is 0 Å². The highest BCUT2D eigenvalue weighted by molar-refractivity contribution is 7.98. The van der Waals surface area contributed by atoms with Gasteiger partial charge in [0.25, 0.3) is 0 Å². The second-order valence-electron chi connectivity index (χ2n) is 2.13. The van der Waals surface area contributed by atoms with Gasteiger partial charge in [-0.1, -0.05) is 11.8 Å². The van der Waals surface area contributed by atoms with Gasteiger partial charge in [0.05, 0.1) is 0 Å². The normalized spacial score (nSPS) is 10.0. The Labute approximate surface area is 73.9 Å². The van der Waals surface area contributed by atoms with Gasteiger partial charge in [0.2, 0.25) is 0 Å². The van der Waals surface area contributed by atoms with Crippen molar-refractivity contribution in [2.24, 2.45) is 0 Å². The number of hydrogen-bond donors (Lipinski definition) is 1. The number of thioether (sulfide) groups is 1. The van der Waals surface area contributed by atoms with Crippen LogP contribution >= 0.6 is 23.3 Å². The third kappa shape index (κ3) is 2.59. The van der Waals surface area contributed by atoms with E-state index in [4.69, 9.17) is 5.41 Å². The largest absolute Gasteiger partial charge is 0.310 e. The van der Waals surface area contributed by atoms with Gasteiger partial charge < -0.3 is 5.41 Å². The van der Waals surface area contributed by atoms with Gasteiger partial charge in [-0.25, -0.2) is 4.98 Å². The molecule has 0 aliphatic carbocycles. The summed E-state index contributed by atoms with van der Waals surface area (Å²) in [6.07, 6.45) is 2.58. The smallest absolute Gasteiger partial charge is 0.200 e. The summed E-state index contributed by atoms with van der Waals surface area (Å²) in [5.41, 5.74) is 0.633. The molecule has 5 heteroatoms. The van der Waals surface area contributed by atoms with E-state index in [0.29, 0.717) is 12.1 Å². The minimum absolute atomic E-state index is 0.633. The molecule has 0 saturated heterocycles. The van der Waals surface area contributed by atoms with E-state index >= 15 is 0 Å². The van der Waals surface area contributed by atoms with E-state index in [1.54, 1.807) is 6.92 Å².